The van der Waals surface area contributed by atoms with Crippen LogP contribution in [0, 0.1) is 11.8 Å². The number of benzene rings is 1. The van der Waals surface area contributed by atoms with E-state index < -0.39 is 22.0 Å². The number of primary amides is 1. The highest BCUT2D eigenvalue weighted by atomic mass is 32.2. The molecule has 1 aliphatic carbocycles. The van der Waals surface area contributed by atoms with E-state index in [1.54, 1.807) is 0 Å². The van der Waals surface area contributed by atoms with Gasteiger partial charge < -0.3 is 10.8 Å². The quantitative estimate of drug-likeness (QED) is 0.831. The van der Waals surface area contributed by atoms with E-state index in [0.29, 0.717) is 13.1 Å². The summed E-state index contributed by atoms with van der Waals surface area (Å²) in [6.45, 7) is 0.827. The van der Waals surface area contributed by atoms with Gasteiger partial charge in [0.2, 0.25) is 15.9 Å². The molecule has 3 N–H and O–H groups in total. The van der Waals surface area contributed by atoms with E-state index in [1.807, 2.05) is 0 Å². The van der Waals surface area contributed by atoms with Gasteiger partial charge in [-0.15, -0.1) is 0 Å². The molecule has 1 aromatic rings. The van der Waals surface area contributed by atoms with Crippen LogP contribution in [0.15, 0.2) is 29.2 Å². The molecule has 1 amide bonds. The van der Waals surface area contributed by atoms with Crippen molar-refractivity contribution in [1.82, 2.24) is 4.31 Å². The first kappa shape index (κ1) is 14.5. The summed E-state index contributed by atoms with van der Waals surface area (Å²) in [5, 5.41) is 9.88. The Morgan fingerprint density at radius 1 is 1.19 bits per heavy atom. The molecule has 3 rings (SSSR count). The van der Waals surface area contributed by atoms with Crippen molar-refractivity contribution >= 4 is 15.9 Å². The highest BCUT2D eigenvalue weighted by molar-refractivity contribution is 7.89. The number of nitrogens with zero attached hydrogens (tertiary/aromatic N) is 1. The van der Waals surface area contributed by atoms with Crippen molar-refractivity contribution in [2.24, 2.45) is 17.6 Å². The summed E-state index contributed by atoms with van der Waals surface area (Å²) in [6.07, 6.45) is 1.24. The number of hydrogen-bond acceptors (Lipinski definition) is 4. The van der Waals surface area contributed by atoms with Crippen LogP contribution in [-0.4, -0.2) is 42.9 Å². The molecule has 114 valence electrons. The van der Waals surface area contributed by atoms with Gasteiger partial charge in [-0.1, -0.05) is 0 Å². The van der Waals surface area contributed by atoms with Crippen LogP contribution in [0.3, 0.4) is 0 Å². The monoisotopic (exact) mass is 310 g/mol. The van der Waals surface area contributed by atoms with E-state index in [0.717, 1.165) is 12.8 Å². The summed E-state index contributed by atoms with van der Waals surface area (Å²) in [4.78, 5) is 11.2. The van der Waals surface area contributed by atoms with Crippen LogP contribution >= 0.6 is 0 Å². The number of rotatable bonds is 3. The van der Waals surface area contributed by atoms with E-state index in [-0.39, 0.29) is 22.3 Å². The maximum Gasteiger partial charge on any atom is 0.248 e. The van der Waals surface area contributed by atoms with Crippen LogP contribution in [0.2, 0.25) is 0 Å². The largest absolute Gasteiger partial charge is 0.393 e. The van der Waals surface area contributed by atoms with E-state index in [2.05, 4.69) is 0 Å². The molecule has 0 aromatic heterocycles. The fourth-order valence-electron chi connectivity index (χ4n) is 3.33. The highest BCUT2D eigenvalue weighted by Crippen LogP contribution is 2.40. The van der Waals surface area contributed by atoms with Gasteiger partial charge in [0, 0.05) is 24.6 Å². The highest BCUT2D eigenvalue weighted by Gasteiger charge is 2.45. The van der Waals surface area contributed by atoms with E-state index >= 15 is 0 Å². The summed E-state index contributed by atoms with van der Waals surface area (Å²) >= 11 is 0. The summed E-state index contributed by atoms with van der Waals surface area (Å²) in [5.41, 5.74) is 5.43. The standard InChI is InChI=1S/C14H18N2O4S/c15-14(18)9-1-4-11(5-2-9)21(19,20)16-7-10-3-6-13(17)12(10)8-16/h1-2,4-5,10,12-13,17H,3,6-8H2,(H2,15,18). The Hall–Kier alpha value is -1.44. The maximum atomic E-state index is 12.6. The van der Waals surface area contributed by atoms with Gasteiger partial charge in [-0.2, -0.15) is 4.31 Å². The fourth-order valence-corrected chi connectivity index (χ4v) is 4.87. The van der Waals surface area contributed by atoms with Crippen molar-refractivity contribution < 1.29 is 18.3 Å². The van der Waals surface area contributed by atoms with E-state index in [9.17, 15) is 18.3 Å². The smallest absolute Gasteiger partial charge is 0.248 e. The molecule has 1 saturated heterocycles. The first-order valence-corrected chi connectivity index (χ1v) is 8.41. The number of carbonyl (C=O) groups is 1. The average Bonchev–Trinajstić information content (AvgIpc) is 3.02. The molecular formula is C14H18N2O4S. The van der Waals surface area contributed by atoms with Gasteiger partial charge in [0.15, 0.2) is 0 Å². The van der Waals surface area contributed by atoms with Crippen molar-refractivity contribution in [1.29, 1.82) is 0 Å². The second kappa shape index (κ2) is 5.08. The molecule has 2 aliphatic rings. The van der Waals surface area contributed by atoms with Crippen LogP contribution in [0.4, 0.5) is 0 Å². The number of aliphatic hydroxyl groups excluding tert-OH is 1. The van der Waals surface area contributed by atoms with Crippen LogP contribution in [0.25, 0.3) is 0 Å². The Kier molecular flexibility index (Phi) is 3.51. The van der Waals surface area contributed by atoms with Crippen LogP contribution in [0.5, 0.6) is 0 Å². The minimum absolute atomic E-state index is 0.0460. The van der Waals surface area contributed by atoms with Gasteiger partial charge in [-0.05, 0) is 43.0 Å². The topological polar surface area (TPSA) is 101 Å². The zero-order chi connectivity index (χ0) is 15.2. The van der Waals surface area contributed by atoms with E-state index in [4.69, 9.17) is 5.73 Å². The minimum atomic E-state index is -3.58. The van der Waals surface area contributed by atoms with Gasteiger partial charge in [0.05, 0.1) is 11.0 Å². The zero-order valence-corrected chi connectivity index (χ0v) is 12.3. The SMILES string of the molecule is NC(=O)c1ccc(S(=O)(=O)N2CC3CCC(O)C3C2)cc1. The lowest BCUT2D eigenvalue weighted by molar-refractivity contribution is 0.1000. The predicted molar refractivity (Wildman–Crippen MR) is 75.9 cm³/mol. The molecular weight excluding hydrogens is 292 g/mol. The van der Waals surface area contributed by atoms with Crippen LogP contribution < -0.4 is 5.73 Å². The molecule has 3 atom stereocenters. The summed E-state index contributed by atoms with van der Waals surface area (Å²) in [5.74, 6) is -0.290. The van der Waals surface area contributed by atoms with Gasteiger partial charge in [-0.25, -0.2) is 8.42 Å². The lowest BCUT2D eigenvalue weighted by Crippen LogP contribution is -2.31. The van der Waals surface area contributed by atoms with E-state index in [1.165, 1.54) is 28.6 Å². The number of fused-ring (bicyclic) bond motifs is 1. The number of carbonyl (C=O) groups excluding carboxylic acids is 1. The summed E-state index contributed by atoms with van der Waals surface area (Å²) in [7, 11) is -3.58. The molecule has 3 unspecified atom stereocenters. The molecule has 1 saturated carbocycles. The fraction of sp³-hybridized carbons (Fsp3) is 0.500. The second-order valence-electron chi connectivity index (χ2n) is 5.78. The number of aliphatic hydroxyl groups is 1. The number of amides is 1. The van der Waals surface area contributed by atoms with Crippen molar-refractivity contribution in [3.05, 3.63) is 29.8 Å². The Bertz CT molecular complexity index is 656. The van der Waals surface area contributed by atoms with Crippen molar-refractivity contribution in [2.75, 3.05) is 13.1 Å². The first-order valence-electron chi connectivity index (χ1n) is 6.97. The first-order chi connectivity index (χ1) is 9.89. The lowest BCUT2D eigenvalue weighted by atomic mass is 10.00. The maximum absolute atomic E-state index is 12.6. The summed E-state index contributed by atoms with van der Waals surface area (Å²) < 4.78 is 26.6. The Morgan fingerprint density at radius 2 is 1.86 bits per heavy atom. The predicted octanol–water partition coefficient (Wildman–Crippen LogP) is 0.177. The van der Waals surface area contributed by atoms with Crippen molar-refractivity contribution in [2.45, 2.75) is 23.8 Å². The van der Waals surface area contributed by atoms with Crippen LogP contribution in [0.1, 0.15) is 23.2 Å². The third kappa shape index (κ3) is 2.45. The molecule has 0 bridgehead atoms. The molecule has 1 aromatic carbocycles. The van der Waals surface area contributed by atoms with Gasteiger partial charge >= 0.3 is 0 Å². The molecule has 0 spiro atoms. The average molecular weight is 310 g/mol. The second-order valence-corrected chi connectivity index (χ2v) is 7.72. The Morgan fingerprint density at radius 3 is 2.43 bits per heavy atom. The Labute approximate surface area is 123 Å². The third-order valence-electron chi connectivity index (χ3n) is 4.56. The Balaban J connectivity index is 1.83. The normalized spacial score (nSPS) is 29.5. The third-order valence-corrected chi connectivity index (χ3v) is 6.41. The zero-order valence-electron chi connectivity index (χ0n) is 11.5. The summed E-state index contributed by atoms with van der Waals surface area (Å²) in [6, 6.07) is 5.64. The molecule has 6 nitrogen and oxygen atoms in total. The number of nitrogens with two attached hydrogens (primary N) is 1. The molecule has 2 fully saturated rings. The molecule has 1 heterocycles. The van der Waals surface area contributed by atoms with Crippen LogP contribution in [-0.2, 0) is 10.0 Å². The van der Waals surface area contributed by atoms with Crippen molar-refractivity contribution in [3.8, 4) is 0 Å². The molecule has 7 heteroatoms. The van der Waals surface area contributed by atoms with Gasteiger partial charge in [-0.3, -0.25) is 4.79 Å². The molecule has 1 aliphatic heterocycles. The van der Waals surface area contributed by atoms with Crippen molar-refractivity contribution in [3.63, 3.8) is 0 Å². The molecule has 0 radical (unpaired) electrons. The number of hydrogen-bond donors (Lipinski definition) is 2. The lowest BCUT2D eigenvalue weighted by Gasteiger charge is -2.18. The minimum Gasteiger partial charge on any atom is -0.393 e. The van der Waals surface area contributed by atoms with Gasteiger partial charge in [0.25, 0.3) is 0 Å². The number of sulfonamides is 1. The van der Waals surface area contributed by atoms with Gasteiger partial charge in [0.1, 0.15) is 0 Å². The molecule has 21 heavy (non-hydrogen) atoms.